The first kappa shape index (κ1) is 19.3. The molecule has 0 bridgehead atoms. The molecule has 142 valence electrons. The molecule has 5 heteroatoms. The molecule has 2 amide bonds. The summed E-state index contributed by atoms with van der Waals surface area (Å²) in [6, 6.07) is 6.50. The van der Waals surface area contributed by atoms with Crippen LogP contribution in [0.1, 0.15) is 44.2 Å². The molecular weight excluding hydrogens is 344 g/mol. The van der Waals surface area contributed by atoms with Crippen LogP contribution in [0, 0.1) is 5.92 Å². The van der Waals surface area contributed by atoms with Crippen molar-refractivity contribution in [2.45, 2.75) is 50.8 Å². The van der Waals surface area contributed by atoms with Gasteiger partial charge in [-0.2, -0.15) is 0 Å². The lowest BCUT2D eigenvalue weighted by Gasteiger charge is -2.23. The van der Waals surface area contributed by atoms with Gasteiger partial charge in [-0.25, -0.2) is 0 Å². The Morgan fingerprint density at radius 1 is 1.04 bits per heavy atom. The second kappa shape index (κ2) is 8.94. The number of hydrogen-bond donors (Lipinski definition) is 0. The Balaban J connectivity index is 1.56. The number of amides is 2. The highest BCUT2D eigenvalue weighted by molar-refractivity contribution is 7.99. The van der Waals surface area contributed by atoms with E-state index < -0.39 is 0 Å². The predicted molar refractivity (Wildman–Crippen MR) is 106 cm³/mol. The summed E-state index contributed by atoms with van der Waals surface area (Å²) in [5.74, 6) is 1.99. The van der Waals surface area contributed by atoms with Gasteiger partial charge in [-0.3, -0.25) is 9.59 Å². The molecule has 0 aromatic heterocycles. The molecule has 1 saturated heterocycles. The van der Waals surface area contributed by atoms with Gasteiger partial charge in [0.2, 0.25) is 11.8 Å². The van der Waals surface area contributed by atoms with E-state index in [4.69, 9.17) is 0 Å². The minimum absolute atomic E-state index is 0.187. The van der Waals surface area contributed by atoms with E-state index in [1.54, 1.807) is 0 Å². The van der Waals surface area contributed by atoms with Gasteiger partial charge in [-0.05, 0) is 48.1 Å². The van der Waals surface area contributed by atoms with Crippen molar-refractivity contribution in [2.75, 3.05) is 31.9 Å². The summed E-state index contributed by atoms with van der Waals surface area (Å²) in [6.45, 7) is 6.99. The van der Waals surface area contributed by atoms with Gasteiger partial charge in [-0.1, -0.05) is 26.0 Å². The topological polar surface area (TPSA) is 40.6 Å². The molecule has 1 aromatic rings. The number of hydrogen-bond acceptors (Lipinski definition) is 3. The average Bonchev–Trinajstić information content (AvgIpc) is 2.87. The molecule has 3 rings (SSSR count). The molecule has 0 aliphatic carbocycles. The highest BCUT2D eigenvalue weighted by Crippen LogP contribution is 2.30. The first-order valence-corrected chi connectivity index (χ1v) is 10.8. The number of nitrogens with zero attached hydrogens (tertiary/aromatic N) is 2. The van der Waals surface area contributed by atoms with Gasteiger partial charge in [0.15, 0.2) is 0 Å². The maximum Gasteiger partial charge on any atom is 0.227 e. The molecule has 1 fully saturated rings. The lowest BCUT2D eigenvalue weighted by Crippen LogP contribution is -2.38. The Bertz CT molecular complexity index is 659. The van der Waals surface area contributed by atoms with E-state index in [1.807, 2.05) is 21.6 Å². The maximum atomic E-state index is 12.8. The van der Waals surface area contributed by atoms with Gasteiger partial charge in [0.05, 0.1) is 6.42 Å². The summed E-state index contributed by atoms with van der Waals surface area (Å²) in [4.78, 5) is 30.3. The molecule has 4 nitrogen and oxygen atoms in total. The van der Waals surface area contributed by atoms with Crippen molar-refractivity contribution in [1.29, 1.82) is 0 Å². The van der Waals surface area contributed by atoms with Crippen LogP contribution in [0.15, 0.2) is 23.1 Å². The number of thioether (sulfide) groups is 1. The Hall–Kier alpha value is -1.49. The van der Waals surface area contributed by atoms with Crippen LogP contribution in [0.3, 0.4) is 0 Å². The fourth-order valence-corrected chi connectivity index (χ4v) is 4.72. The third kappa shape index (κ3) is 5.03. The second-order valence-electron chi connectivity index (χ2n) is 7.78. The van der Waals surface area contributed by atoms with Crippen LogP contribution >= 0.6 is 11.8 Å². The lowest BCUT2D eigenvalue weighted by molar-refractivity contribution is -0.133. The van der Waals surface area contributed by atoms with Gasteiger partial charge in [0.25, 0.3) is 0 Å². The number of benzene rings is 1. The van der Waals surface area contributed by atoms with Crippen molar-refractivity contribution >= 4 is 23.6 Å². The van der Waals surface area contributed by atoms with E-state index in [-0.39, 0.29) is 11.8 Å². The van der Waals surface area contributed by atoms with Gasteiger partial charge >= 0.3 is 0 Å². The first-order chi connectivity index (χ1) is 12.5. The number of carbonyl (C=O) groups is 2. The summed E-state index contributed by atoms with van der Waals surface area (Å²) in [6.07, 6.45) is 4.29. The van der Waals surface area contributed by atoms with Crippen molar-refractivity contribution in [3.8, 4) is 0 Å². The van der Waals surface area contributed by atoms with Crippen LogP contribution in [0.25, 0.3) is 0 Å². The van der Waals surface area contributed by atoms with Crippen LogP contribution < -0.4 is 0 Å². The molecule has 0 atom stereocenters. The molecule has 0 saturated carbocycles. The molecule has 0 radical (unpaired) electrons. The molecule has 26 heavy (non-hydrogen) atoms. The summed E-state index contributed by atoms with van der Waals surface area (Å²) in [7, 11) is 0. The minimum Gasteiger partial charge on any atom is -0.341 e. The second-order valence-corrected chi connectivity index (χ2v) is 8.92. The molecule has 2 aliphatic rings. The van der Waals surface area contributed by atoms with Crippen molar-refractivity contribution in [2.24, 2.45) is 5.92 Å². The van der Waals surface area contributed by atoms with Gasteiger partial charge in [-0.15, -0.1) is 11.8 Å². The molecule has 2 aliphatic heterocycles. The van der Waals surface area contributed by atoms with Crippen molar-refractivity contribution in [3.05, 3.63) is 29.3 Å². The number of carbonyl (C=O) groups excluding carboxylic acids is 2. The molecule has 0 N–H and O–H groups in total. The molecule has 1 aromatic carbocycles. The van der Waals surface area contributed by atoms with E-state index >= 15 is 0 Å². The monoisotopic (exact) mass is 374 g/mol. The third-order valence-electron chi connectivity index (χ3n) is 5.11. The van der Waals surface area contributed by atoms with Crippen LogP contribution in [0.2, 0.25) is 0 Å². The minimum atomic E-state index is 0.187. The van der Waals surface area contributed by atoms with Crippen LogP contribution in [0.4, 0.5) is 0 Å². The SMILES string of the molecule is CC(C)CC(=O)N1CCCN(C(=O)Cc2ccc3c(c2)CCCS3)CC1. The molecular formula is C21H30N2O2S. The smallest absolute Gasteiger partial charge is 0.227 e. The summed E-state index contributed by atoms with van der Waals surface area (Å²) in [5, 5.41) is 0. The van der Waals surface area contributed by atoms with Crippen molar-refractivity contribution in [3.63, 3.8) is 0 Å². The van der Waals surface area contributed by atoms with Gasteiger partial charge < -0.3 is 9.80 Å². The Kier molecular flexibility index (Phi) is 6.63. The number of aryl methyl sites for hydroxylation is 1. The van der Waals surface area contributed by atoms with Crippen molar-refractivity contribution < 1.29 is 9.59 Å². The van der Waals surface area contributed by atoms with E-state index in [0.717, 1.165) is 31.5 Å². The fourth-order valence-electron chi connectivity index (χ4n) is 3.70. The van der Waals surface area contributed by atoms with Crippen molar-refractivity contribution in [1.82, 2.24) is 9.80 Å². The zero-order chi connectivity index (χ0) is 18.5. The Labute approximate surface area is 161 Å². The summed E-state index contributed by atoms with van der Waals surface area (Å²) in [5.41, 5.74) is 2.51. The van der Waals surface area contributed by atoms with Crippen LogP contribution in [0.5, 0.6) is 0 Å². The van der Waals surface area contributed by atoms with E-state index in [9.17, 15) is 9.59 Å². The largest absolute Gasteiger partial charge is 0.341 e. The summed E-state index contributed by atoms with van der Waals surface area (Å²) >= 11 is 1.92. The lowest BCUT2D eigenvalue weighted by atomic mass is 10.0. The molecule has 0 spiro atoms. The van der Waals surface area contributed by atoms with Gasteiger partial charge in [0, 0.05) is 37.5 Å². The van der Waals surface area contributed by atoms with E-state index in [1.165, 1.54) is 22.6 Å². The molecule has 0 unspecified atom stereocenters. The quantitative estimate of drug-likeness (QED) is 0.811. The Morgan fingerprint density at radius 3 is 2.50 bits per heavy atom. The highest BCUT2D eigenvalue weighted by Gasteiger charge is 2.22. The van der Waals surface area contributed by atoms with Gasteiger partial charge in [0.1, 0.15) is 0 Å². The first-order valence-electron chi connectivity index (χ1n) is 9.83. The Morgan fingerprint density at radius 2 is 1.77 bits per heavy atom. The van der Waals surface area contributed by atoms with E-state index in [2.05, 4.69) is 32.0 Å². The highest BCUT2D eigenvalue weighted by atomic mass is 32.2. The predicted octanol–water partition coefficient (Wildman–Crippen LogP) is 3.37. The maximum absolute atomic E-state index is 12.8. The zero-order valence-corrected chi connectivity index (χ0v) is 16.8. The normalized spacial score (nSPS) is 17.8. The molecule has 2 heterocycles. The number of fused-ring (bicyclic) bond motifs is 1. The average molecular weight is 375 g/mol. The van der Waals surface area contributed by atoms with E-state index in [0.29, 0.717) is 31.8 Å². The van der Waals surface area contributed by atoms with Crippen LogP contribution in [-0.2, 0) is 22.4 Å². The van der Waals surface area contributed by atoms with Crippen LogP contribution in [-0.4, -0.2) is 53.5 Å². The standard InChI is InChI=1S/C21H30N2O2S/c1-16(2)13-20(24)22-8-4-9-23(11-10-22)21(25)15-17-6-7-19-18(14-17)5-3-12-26-19/h6-7,14,16H,3-5,8-13,15H2,1-2H3. The fraction of sp³-hybridized carbons (Fsp3) is 0.619. The zero-order valence-electron chi connectivity index (χ0n) is 16.0. The summed E-state index contributed by atoms with van der Waals surface area (Å²) < 4.78 is 0. The third-order valence-corrected chi connectivity index (χ3v) is 6.31. The number of rotatable bonds is 4.